The average Bonchev–Trinajstić information content (AvgIpc) is 3.57. The minimum Gasteiger partial charge on any atom is -0.508 e. The minimum atomic E-state index is -0.209. The van der Waals surface area contributed by atoms with E-state index in [-0.39, 0.29) is 29.1 Å². The van der Waals surface area contributed by atoms with Gasteiger partial charge in [-0.15, -0.1) is 0 Å². The van der Waals surface area contributed by atoms with E-state index in [9.17, 15) is 9.90 Å². The number of nitrogens with zero attached hydrogens (tertiary/aromatic N) is 1. The lowest BCUT2D eigenvalue weighted by atomic mass is 9.51. The standard InChI is InChI=1S/C28H32N2O3/c31-21-9-8-20-14-25-28-11-10-24(33-28)23(29-26(32)19-4-2-1-3-5-19)16-27(28,22(20)15-21)12-13-30(25)17-18-6-7-18/h1-5,8-9,15,18,23-25,31H,6-7,10-14,16-17H2,(H,29,32)/t23-,24?,25-,27-,28+/m1/s1. The summed E-state index contributed by atoms with van der Waals surface area (Å²) in [5.74, 6) is 1.17. The van der Waals surface area contributed by atoms with E-state index in [1.165, 1.54) is 30.5 Å². The number of nitrogens with one attached hydrogen (secondary N) is 1. The first kappa shape index (κ1) is 20.0. The van der Waals surface area contributed by atoms with E-state index in [1.54, 1.807) is 0 Å². The molecule has 33 heavy (non-hydrogen) atoms. The second-order valence-corrected chi connectivity index (χ2v) is 11.1. The highest BCUT2D eigenvalue weighted by Gasteiger charge is 2.70. The monoisotopic (exact) mass is 444 g/mol. The maximum Gasteiger partial charge on any atom is 0.251 e. The quantitative estimate of drug-likeness (QED) is 0.753. The van der Waals surface area contributed by atoms with E-state index >= 15 is 0 Å². The minimum absolute atomic E-state index is 0.0164. The van der Waals surface area contributed by atoms with Crippen molar-refractivity contribution in [1.82, 2.24) is 10.2 Å². The van der Waals surface area contributed by atoms with Gasteiger partial charge in [0, 0.05) is 23.6 Å². The van der Waals surface area contributed by atoms with Crippen molar-refractivity contribution in [3.63, 3.8) is 0 Å². The number of phenols is 1. The third-order valence-corrected chi connectivity index (χ3v) is 9.36. The second-order valence-electron chi connectivity index (χ2n) is 11.1. The van der Waals surface area contributed by atoms with Gasteiger partial charge >= 0.3 is 0 Å². The molecule has 3 heterocycles. The molecule has 1 unspecified atom stereocenters. The molecule has 2 N–H and O–H groups in total. The van der Waals surface area contributed by atoms with Crippen LogP contribution in [0.25, 0.3) is 0 Å². The summed E-state index contributed by atoms with van der Waals surface area (Å²) in [6, 6.07) is 15.8. The third kappa shape index (κ3) is 2.88. The van der Waals surface area contributed by atoms with Crippen molar-refractivity contribution in [2.45, 2.75) is 74.1 Å². The molecular formula is C28H32N2O3. The van der Waals surface area contributed by atoms with Crippen LogP contribution < -0.4 is 5.32 Å². The van der Waals surface area contributed by atoms with Crippen LogP contribution in [0.1, 0.15) is 60.0 Å². The van der Waals surface area contributed by atoms with Gasteiger partial charge in [-0.1, -0.05) is 24.3 Å². The molecule has 5 nitrogen and oxygen atoms in total. The van der Waals surface area contributed by atoms with Gasteiger partial charge in [-0.3, -0.25) is 9.69 Å². The number of carbonyl (C=O) groups excluding carboxylic acids is 1. The Balaban J connectivity index is 1.28. The third-order valence-electron chi connectivity index (χ3n) is 9.36. The summed E-state index contributed by atoms with van der Waals surface area (Å²) in [5, 5.41) is 13.8. The smallest absolute Gasteiger partial charge is 0.251 e. The second kappa shape index (κ2) is 7.07. The maximum absolute atomic E-state index is 13.1. The van der Waals surface area contributed by atoms with Gasteiger partial charge in [0.25, 0.3) is 5.91 Å². The molecule has 0 aromatic heterocycles. The van der Waals surface area contributed by atoms with Gasteiger partial charge in [0.15, 0.2) is 0 Å². The predicted octanol–water partition coefficient (Wildman–Crippen LogP) is 3.79. The Hall–Kier alpha value is -2.37. The van der Waals surface area contributed by atoms with E-state index < -0.39 is 0 Å². The van der Waals surface area contributed by atoms with Crippen LogP contribution in [0.4, 0.5) is 0 Å². The van der Waals surface area contributed by atoms with Crippen molar-refractivity contribution in [1.29, 1.82) is 0 Å². The Bertz CT molecular complexity index is 1100. The molecule has 172 valence electrons. The van der Waals surface area contributed by atoms with Gasteiger partial charge in [0.1, 0.15) is 5.75 Å². The molecule has 0 radical (unpaired) electrons. The van der Waals surface area contributed by atoms with E-state index in [1.807, 2.05) is 42.5 Å². The molecule has 2 aliphatic carbocycles. The van der Waals surface area contributed by atoms with Crippen LogP contribution in [0.2, 0.25) is 0 Å². The number of piperidine rings is 1. The SMILES string of the molecule is O=C(N[C@@H]1C[C@]23CCN(CC4CC4)[C@H](Cc4ccc(O)cc42)[C@@]32CCC1O2)c1ccccc1. The molecule has 2 aromatic rings. The van der Waals surface area contributed by atoms with Crippen molar-refractivity contribution in [2.75, 3.05) is 13.1 Å². The fourth-order valence-corrected chi connectivity index (χ4v) is 7.72. The summed E-state index contributed by atoms with van der Waals surface area (Å²) in [6.45, 7) is 2.27. The molecule has 3 aliphatic heterocycles. The first-order valence-electron chi connectivity index (χ1n) is 12.7. The molecule has 5 heteroatoms. The predicted molar refractivity (Wildman–Crippen MR) is 125 cm³/mol. The van der Waals surface area contributed by atoms with Crippen molar-refractivity contribution < 1.29 is 14.6 Å². The first-order chi connectivity index (χ1) is 16.1. The average molecular weight is 445 g/mol. The zero-order valence-electron chi connectivity index (χ0n) is 19.0. The molecule has 1 amide bonds. The lowest BCUT2D eigenvalue weighted by Gasteiger charge is -2.65. The van der Waals surface area contributed by atoms with Crippen molar-refractivity contribution in [3.8, 4) is 5.75 Å². The lowest BCUT2D eigenvalue weighted by Crippen LogP contribution is -2.74. The number of rotatable bonds is 4. The van der Waals surface area contributed by atoms with Crippen molar-refractivity contribution >= 4 is 5.91 Å². The van der Waals surface area contributed by atoms with Crippen LogP contribution in [0.5, 0.6) is 5.75 Å². The van der Waals surface area contributed by atoms with Crippen LogP contribution in [-0.4, -0.2) is 52.8 Å². The summed E-state index contributed by atoms with van der Waals surface area (Å²) in [6.07, 6.45) is 7.73. The van der Waals surface area contributed by atoms with Gasteiger partial charge in [-0.25, -0.2) is 0 Å². The van der Waals surface area contributed by atoms with Crippen LogP contribution in [0.3, 0.4) is 0 Å². The number of hydrogen-bond donors (Lipinski definition) is 2. The molecule has 5 aliphatic rings. The van der Waals surface area contributed by atoms with Gasteiger partial charge in [0.2, 0.25) is 0 Å². The number of hydrogen-bond acceptors (Lipinski definition) is 4. The van der Waals surface area contributed by atoms with E-state index in [0.717, 1.165) is 44.6 Å². The lowest BCUT2D eigenvalue weighted by molar-refractivity contribution is -0.208. The first-order valence-corrected chi connectivity index (χ1v) is 12.7. The van der Waals surface area contributed by atoms with Gasteiger partial charge < -0.3 is 15.2 Å². The Morgan fingerprint density at radius 1 is 1.12 bits per heavy atom. The number of phenolic OH excluding ortho intramolecular Hbond substituents is 1. The summed E-state index contributed by atoms with van der Waals surface area (Å²) in [5.41, 5.74) is 2.95. The van der Waals surface area contributed by atoms with Crippen LogP contribution >= 0.6 is 0 Å². The van der Waals surface area contributed by atoms with Crippen LogP contribution in [-0.2, 0) is 16.6 Å². The Labute approximate surface area is 195 Å². The van der Waals surface area contributed by atoms with Crippen molar-refractivity contribution in [2.24, 2.45) is 5.92 Å². The zero-order chi connectivity index (χ0) is 22.2. The molecule has 1 saturated carbocycles. The summed E-state index contributed by atoms with van der Waals surface area (Å²) in [7, 11) is 0. The molecule has 4 bridgehead atoms. The van der Waals surface area contributed by atoms with Gasteiger partial charge in [-0.2, -0.15) is 0 Å². The van der Waals surface area contributed by atoms with E-state index in [2.05, 4.69) is 16.3 Å². The Kier molecular flexibility index (Phi) is 4.29. The summed E-state index contributed by atoms with van der Waals surface area (Å²) < 4.78 is 7.09. The molecule has 5 atom stereocenters. The normalized spacial score (nSPS) is 36.7. The number of carbonyl (C=O) groups is 1. The molecular weight excluding hydrogens is 412 g/mol. The fraction of sp³-hybridized carbons (Fsp3) is 0.536. The van der Waals surface area contributed by atoms with E-state index in [4.69, 9.17) is 4.74 Å². The summed E-state index contributed by atoms with van der Waals surface area (Å²) in [4.78, 5) is 15.8. The number of benzene rings is 2. The highest BCUT2D eigenvalue weighted by atomic mass is 16.5. The Morgan fingerprint density at radius 3 is 2.79 bits per heavy atom. The van der Waals surface area contributed by atoms with Gasteiger partial charge in [0.05, 0.1) is 17.7 Å². The number of ether oxygens (including phenoxy) is 1. The zero-order valence-corrected chi connectivity index (χ0v) is 19.0. The van der Waals surface area contributed by atoms with Crippen LogP contribution in [0, 0.1) is 5.92 Å². The topological polar surface area (TPSA) is 61.8 Å². The molecule has 2 aromatic carbocycles. The number of fused-ring (bicyclic) bond motifs is 2. The maximum atomic E-state index is 13.1. The summed E-state index contributed by atoms with van der Waals surface area (Å²) >= 11 is 0. The largest absolute Gasteiger partial charge is 0.508 e. The van der Waals surface area contributed by atoms with E-state index in [0.29, 0.717) is 17.4 Å². The molecule has 3 saturated heterocycles. The highest BCUT2D eigenvalue weighted by Crippen LogP contribution is 2.63. The number of likely N-dealkylation sites (tertiary alicyclic amines) is 1. The molecule has 1 spiro atoms. The highest BCUT2D eigenvalue weighted by molar-refractivity contribution is 5.94. The van der Waals surface area contributed by atoms with Crippen LogP contribution in [0.15, 0.2) is 48.5 Å². The number of aromatic hydroxyl groups is 1. The van der Waals surface area contributed by atoms with Crippen molar-refractivity contribution in [3.05, 3.63) is 65.2 Å². The molecule has 7 rings (SSSR count). The number of amides is 1. The Morgan fingerprint density at radius 2 is 1.97 bits per heavy atom. The fourth-order valence-electron chi connectivity index (χ4n) is 7.72. The molecule has 4 fully saturated rings. The van der Waals surface area contributed by atoms with Gasteiger partial charge in [-0.05, 0) is 92.8 Å².